The number of hydrogen-bond donors (Lipinski definition) is 0. The maximum absolute atomic E-state index is 12.3. The van der Waals surface area contributed by atoms with Gasteiger partial charge >= 0.3 is 6.09 Å². The molecule has 2 aromatic heterocycles. The summed E-state index contributed by atoms with van der Waals surface area (Å²) in [5, 5.41) is 5.59. The molecule has 1 aromatic carbocycles. The molecule has 3 heterocycles. The third kappa shape index (κ3) is 3.38. The van der Waals surface area contributed by atoms with Crippen molar-refractivity contribution in [3.05, 3.63) is 47.7 Å². The van der Waals surface area contributed by atoms with Crippen LogP contribution in [0.15, 0.2) is 36.4 Å². The fourth-order valence-corrected chi connectivity index (χ4v) is 3.25. The first-order valence-corrected chi connectivity index (χ1v) is 9.16. The summed E-state index contributed by atoms with van der Waals surface area (Å²) in [4.78, 5) is 18.6. The second-order valence-electron chi connectivity index (χ2n) is 6.50. The van der Waals surface area contributed by atoms with Gasteiger partial charge in [0.2, 0.25) is 5.88 Å². The molecular formula is C20H22N4O3. The summed E-state index contributed by atoms with van der Waals surface area (Å²) in [5.74, 6) is 0.366. The highest BCUT2D eigenvalue weighted by atomic mass is 16.6. The molecule has 0 aliphatic carbocycles. The van der Waals surface area contributed by atoms with E-state index in [0.29, 0.717) is 37.8 Å². The van der Waals surface area contributed by atoms with E-state index >= 15 is 0 Å². The molecule has 1 aliphatic heterocycles. The standard InChI is InChI=1S/C20H22N4O3/c1-3-26-11-7-10-23-13-15-12-17-14(2)22-24(16-8-5-4-6-9-16)18(17)21-19(15)27-20(23)25/h4-6,8-9,12H,3,7,10-11,13H2,1-2H3. The maximum atomic E-state index is 12.3. The highest BCUT2D eigenvalue weighted by molar-refractivity contribution is 5.83. The molecule has 0 atom stereocenters. The van der Waals surface area contributed by atoms with Gasteiger partial charge in [0, 0.05) is 30.7 Å². The number of aryl methyl sites for hydroxylation is 1. The Bertz CT molecular complexity index is 968. The van der Waals surface area contributed by atoms with Crippen LogP contribution in [-0.2, 0) is 11.3 Å². The minimum atomic E-state index is -0.367. The van der Waals surface area contributed by atoms with Crippen LogP contribution in [-0.4, -0.2) is 45.5 Å². The van der Waals surface area contributed by atoms with E-state index in [1.807, 2.05) is 50.2 Å². The Morgan fingerprint density at radius 1 is 1.26 bits per heavy atom. The molecular weight excluding hydrogens is 344 g/mol. The molecule has 0 N–H and O–H groups in total. The van der Waals surface area contributed by atoms with Gasteiger partial charge in [0.1, 0.15) is 0 Å². The van der Waals surface area contributed by atoms with Crippen LogP contribution < -0.4 is 4.74 Å². The predicted molar refractivity (Wildman–Crippen MR) is 101 cm³/mol. The zero-order valence-corrected chi connectivity index (χ0v) is 15.5. The lowest BCUT2D eigenvalue weighted by Crippen LogP contribution is -2.38. The van der Waals surface area contributed by atoms with E-state index in [1.165, 1.54) is 0 Å². The van der Waals surface area contributed by atoms with Crippen molar-refractivity contribution in [2.75, 3.05) is 19.8 Å². The predicted octanol–water partition coefficient (Wildman–Crippen LogP) is 3.47. The number of hydrogen-bond acceptors (Lipinski definition) is 5. The summed E-state index contributed by atoms with van der Waals surface area (Å²) in [6.07, 6.45) is 0.409. The van der Waals surface area contributed by atoms with Crippen molar-refractivity contribution in [1.82, 2.24) is 19.7 Å². The van der Waals surface area contributed by atoms with Gasteiger partial charge in [0.15, 0.2) is 5.65 Å². The molecule has 0 unspecified atom stereocenters. The second-order valence-corrected chi connectivity index (χ2v) is 6.50. The number of rotatable bonds is 6. The van der Waals surface area contributed by atoms with E-state index in [4.69, 9.17) is 9.47 Å². The Hall–Kier alpha value is -2.93. The molecule has 0 saturated heterocycles. The lowest BCUT2D eigenvalue weighted by atomic mass is 10.1. The average molecular weight is 366 g/mol. The van der Waals surface area contributed by atoms with Gasteiger partial charge in [0.05, 0.1) is 17.9 Å². The van der Waals surface area contributed by atoms with Gasteiger partial charge in [-0.05, 0) is 38.5 Å². The quantitative estimate of drug-likeness (QED) is 0.625. The normalized spacial score (nSPS) is 13.7. The van der Waals surface area contributed by atoms with Crippen LogP contribution in [0.25, 0.3) is 16.7 Å². The zero-order chi connectivity index (χ0) is 18.8. The van der Waals surface area contributed by atoms with Crippen molar-refractivity contribution in [3.8, 4) is 11.6 Å². The van der Waals surface area contributed by atoms with E-state index in [0.717, 1.165) is 28.8 Å². The van der Waals surface area contributed by atoms with Gasteiger partial charge in [-0.3, -0.25) is 0 Å². The fourth-order valence-electron chi connectivity index (χ4n) is 3.25. The Balaban J connectivity index is 1.65. The highest BCUT2D eigenvalue weighted by Gasteiger charge is 2.27. The molecule has 140 valence electrons. The molecule has 0 fully saturated rings. The molecule has 4 rings (SSSR count). The molecule has 0 bridgehead atoms. The summed E-state index contributed by atoms with van der Waals surface area (Å²) >= 11 is 0. The van der Waals surface area contributed by atoms with Crippen molar-refractivity contribution < 1.29 is 14.3 Å². The number of ether oxygens (including phenoxy) is 2. The van der Waals surface area contributed by atoms with E-state index in [2.05, 4.69) is 10.1 Å². The summed E-state index contributed by atoms with van der Waals surface area (Å²) in [6.45, 7) is 6.32. The summed E-state index contributed by atoms with van der Waals surface area (Å²) in [6, 6.07) is 11.8. The lowest BCUT2D eigenvalue weighted by molar-refractivity contribution is 0.114. The van der Waals surface area contributed by atoms with Crippen LogP contribution in [0.3, 0.4) is 0 Å². The van der Waals surface area contributed by atoms with Crippen LogP contribution in [0, 0.1) is 6.92 Å². The van der Waals surface area contributed by atoms with Crippen molar-refractivity contribution in [2.24, 2.45) is 0 Å². The second kappa shape index (κ2) is 7.36. The molecule has 27 heavy (non-hydrogen) atoms. The van der Waals surface area contributed by atoms with Gasteiger partial charge in [-0.15, -0.1) is 0 Å². The highest BCUT2D eigenvalue weighted by Crippen LogP contribution is 2.30. The number of amides is 1. The van der Waals surface area contributed by atoms with E-state index in [1.54, 1.807) is 9.58 Å². The van der Waals surface area contributed by atoms with Crippen LogP contribution >= 0.6 is 0 Å². The molecule has 3 aromatic rings. The van der Waals surface area contributed by atoms with Crippen LogP contribution in [0.4, 0.5) is 4.79 Å². The summed E-state index contributed by atoms with van der Waals surface area (Å²) in [5.41, 5.74) is 3.40. The molecule has 7 heteroatoms. The molecule has 0 spiro atoms. The van der Waals surface area contributed by atoms with Gasteiger partial charge in [-0.1, -0.05) is 18.2 Å². The summed E-state index contributed by atoms with van der Waals surface area (Å²) in [7, 11) is 0. The largest absolute Gasteiger partial charge is 0.416 e. The van der Waals surface area contributed by atoms with Gasteiger partial charge in [-0.2, -0.15) is 10.1 Å². The molecule has 1 amide bonds. The number of carbonyl (C=O) groups is 1. The van der Waals surface area contributed by atoms with Crippen molar-refractivity contribution in [1.29, 1.82) is 0 Å². The first kappa shape index (κ1) is 17.5. The Morgan fingerprint density at radius 3 is 2.85 bits per heavy atom. The lowest BCUT2D eigenvalue weighted by Gasteiger charge is -2.27. The third-order valence-electron chi connectivity index (χ3n) is 4.61. The Morgan fingerprint density at radius 2 is 2.07 bits per heavy atom. The number of pyridine rings is 1. The van der Waals surface area contributed by atoms with Gasteiger partial charge < -0.3 is 14.4 Å². The Kier molecular flexibility index (Phi) is 4.77. The van der Waals surface area contributed by atoms with Crippen LogP contribution in [0.1, 0.15) is 24.6 Å². The van der Waals surface area contributed by atoms with E-state index in [9.17, 15) is 4.79 Å². The number of fused-ring (bicyclic) bond motifs is 2. The van der Waals surface area contributed by atoms with Gasteiger partial charge in [-0.25, -0.2) is 9.48 Å². The minimum Gasteiger partial charge on any atom is -0.391 e. The van der Waals surface area contributed by atoms with Crippen molar-refractivity contribution >= 4 is 17.1 Å². The topological polar surface area (TPSA) is 69.5 Å². The molecule has 0 radical (unpaired) electrons. The maximum Gasteiger partial charge on any atom is 0.416 e. The first-order chi connectivity index (χ1) is 13.2. The van der Waals surface area contributed by atoms with Gasteiger partial charge in [0.25, 0.3) is 0 Å². The minimum absolute atomic E-state index is 0.366. The molecule has 1 aliphatic rings. The number of benzene rings is 1. The van der Waals surface area contributed by atoms with E-state index in [-0.39, 0.29) is 6.09 Å². The van der Waals surface area contributed by atoms with E-state index < -0.39 is 0 Å². The third-order valence-corrected chi connectivity index (χ3v) is 4.61. The monoisotopic (exact) mass is 366 g/mol. The smallest absolute Gasteiger partial charge is 0.391 e. The van der Waals surface area contributed by atoms with Crippen LogP contribution in [0.2, 0.25) is 0 Å². The summed E-state index contributed by atoms with van der Waals surface area (Å²) < 4.78 is 12.6. The van der Waals surface area contributed by atoms with Crippen LogP contribution in [0.5, 0.6) is 5.88 Å². The fraction of sp³-hybridized carbons (Fsp3) is 0.350. The average Bonchev–Trinajstić information content (AvgIpc) is 3.00. The zero-order valence-electron chi connectivity index (χ0n) is 15.5. The number of para-hydroxylation sites is 1. The molecule has 7 nitrogen and oxygen atoms in total. The van der Waals surface area contributed by atoms with Crippen molar-refractivity contribution in [3.63, 3.8) is 0 Å². The number of aromatic nitrogens is 3. The number of nitrogens with zero attached hydrogens (tertiary/aromatic N) is 4. The molecule has 0 saturated carbocycles. The number of carbonyl (C=O) groups excluding carboxylic acids is 1. The SMILES string of the molecule is CCOCCCN1Cc2cc3c(C)nn(-c4ccccc4)c3nc2OC1=O. The van der Waals surface area contributed by atoms with Crippen molar-refractivity contribution in [2.45, 2.75) is 26.8 Å². The first-order valence-electron chi connectivity index (χ1n) is 9.16. The Labute approximate surface area is 157 Å².